The lowest BCUT2D eigenvalue weighted by Gasteiger charge is -2.11. The molecule has 2 aromatic rings. The molecule has 98 valence electrons. The number of nitrogens with two attached hydrogens (primary N) is 1. The van der Waals surface area contributed by atoms with E-state index in [1.54, 1.807) is 4.90 Å². The van der Waals surface area contributed by atoms with E-state index in [-0.39, 0.29) is 11.9 Å². The largest absolute Gasteiger partial charge is 0.326 e. The summed E-state index contributed by atoms with van der Waals surface area (Å²) in [5.41, 5.74) is 9.03. The van der Waals surface area contributed by atoms with Crippen LogP contribution in [0.1, 0.15) is 12.0 Å². The van der Waals surface area contributed by atoms with Gasteiger partial charge in [-0.05, 0) is 12.5 Å². The number of carbonyl (C=O) groups is 1. The fourth-order valence-corrected chi connectivity index (χ4v) is 3.14. The van der Waals surface area contributed by atoms with Crippen LogP contribution < -0.4 is 10.6 Å². The zero-order chi connectivity index (χ0) is 13.4. The van der Waals surface area contributed by atoms with Crippen LogP contribution in [0.15, 0.2) is 29.6 Å². The van der Waals surface area contributed by atoms with Gasteiger partial charge in [-0.2, -0.15) is 0 Å². The normalized spacial score (nSPS) is 19.2. The highest BCUT2D eigenvalue weighted by atomic mass is 32.1. The summed E-state index contributed by atoms with van der Waals surface area (Å²) in [6, 6.07) is 8.04. The van der Waals surface area contributed by atoms with E-state index in [9.17, 15) is 4.79 Å². The Hall–Kier alpha value is -1.72. The Morgan fingerprint density at radius 2 is 2.21 bits per heavy atom. The van der Waals surface area contributed by atoms with Crippen LogP contribution in [-0.2, 0) is 4.79 Å². The van der Waals surface area contributed by atoms with Gasteiger partial charge in [-0.1, -0.05) is 24.3 Å². The molecule has 1 amide bonds. The van der Waals surface area contributed by atoms with E-state index in [1.165, 1.54) is 16.9 Å². The summed E-state index contributed by atoms with van der Waals surface area (Å²) in [5.74, 6) is 0.0678. The summed E-state index contributed by atoms with van der Waals surface area (Å²) in [6.45, 7) is 2.63. The van der Waals surface area contributed by atoms with Crippen LogP contribution in [0.4, 0.5) is 5.13 Å². The van der Waals surface area contributed by atoms with E-state index in [0.717, 1.165) is 16.4 Å². The first kappa shape index (κ1) is 12.3. The monoisotopic (exact) mass is 273 g/mol. The maximum absolute atomic E-state index is 11.8. The summed E-state index contributed by atoms with van der Waals surface area (Å²) >= 11 is 1.49. The van der Waals surface area contributed by atoms with Crippen molar-refractivity contribution in [3.05, 3.63) is 35.2 Å². The number of aromatic nitrogens is 1. The second-order valence-corrected chi connectivity index (χ2v) is 5.64. The summed E-state index contributed by atoms with van der Waals surface area (Å²) in [6.07, 6.45) is 0.416. The standard InChI is InChI=1S/C14H15N3OS/c1-9-4-2-3-5-11(9)12-8-19-14(16-12)17-7-10(15)6-13(17)18/h2-5,8,10H,6-7,15H2,1H3. The third-order valence-electron chi connectivity index (χ3n) is 3.30. The first-order chi connectivity index (χ1) is 9.15. The van der Waals surface area contributed by atoms with Crippen molar-refractivity contribution in [1.29, 1.82) is 0 Å². The molecule has 1 saturated heterocycles. The molecule has 19 heavy (non-hydrogen) atoms. The predicted molar refractivity (Wildman–Crippen MR) is 77.2 cm³/mol. The average Bonchev–Trinajstić information content (AvgIpc) is 2.96. The Bertz CT molecular complexity index is 623. The van der Waals surface area contributed by atoms with E-state index >= 15 is 0 Å². The van der Waals surface area contributed by atoms with E-state index in [1.807, 2.05) is 23.6 Å². The van der Waals surface area contributed by atoms with Crippen LogP contribution in [-0.4, -0.2) is 23.5 Å². The van der Waals surface area contributed by atoms with Gasteiger partial charge in [-0.25, -0.2) is 4.98 Å². The minimum absolute atomic E-state index is 0.0678. The SMILES string of the molecule is Cc1ccccc1-c1csc(N2CC(N)CC2=O)n1. The predicted octanol–water partition coefficient (Wildman–Crippen LogP) is 2.18. The van der Waals surface area contributed by atoms with Crippen molar-refractivity contribution in [3.63, 3.8) is 0 Å². The quantitative estimate of drug-likeness (QED) is 0.912. The number of thiazole rings is 1. The minimum Gasteiger partial charge on any atom is -0.326 e. The number of anilines is 1. The summed E-state index contributed by atoms with van der Waals surface area (Å²) in [7, 11) is 0. The van der Waals surface area contributed by atoms with Crippen LogP contribution in [0.25, 0.3) is 11.3 Å². The molecule has 1 aliphatic heterocycles. The molecule has 0 spiro atoms. The molecule has 3 rings (SSSR count). The van der Waals surface area contributed by atoms with E-state index in [0.29, 0.717) is 13.0 Å². The van der Waals surface area contributed by atoms with Crippen molar-refractivity contribution in [2.75, 3.05) is 11.4 Å². The molecule has 1 aromatic carbocycles. The molecule has 0 radical (unpaired) electrons. The van der Waals surface area contributed by atoms with E-state index in [4.69, 9.17) is 5.73 Å². The molecular weight excluding hydrogens is 258 g/mol. The Kier molecular flexibility index (Phi) is 3.08. The minimum atomic E-state index is -0.0710. The first-order valence-corrected chi connectivity index (χ1v) is 7.10. The number of aryl methyl sites for hydroxylation is 1. The molecule has 0 bridgehead atoms. The molecule has 2 heterocycles. The van der Waals surface area contributed by atoms with Gasteiger partial charge < -0.3 is 5.73 Å². The van der Waals surface area contributed by atoms with Crippen molar-refractivity contribution >= 4 is 22.4 Å². The molecule has 1 unspecified atom stereocenters. The number of nitrogens with zero attached hydrogens (tertiary/aromatic N) is 2. The van der Waals surface area contributed by atoms with Crippen molar-refractivity contribution in [2.24, 2.45) is 5.73 Å². The molecule has 1 aliphatic rings. The Morgan fingerprint density at radius 1 is 1.42 bits per heavy atom. The molecule has 5 heteroatoms. The van der Waals surface area contributed by atoms with Gasteiger partial charge in [0.15, 0.2) is 5.13 Å². The van der Waals surface area contributed by atoms with Gasteiger partial charge >= 0.3 is 0 Å². The third-order valence-corrected chi connectivity index (χ3v) is 4.16. The van der Waals surface area contributed by atoms with Crippen LogP contribution in [0.3, 0.4) is 0 Å². The van der Waals surface area contributed by atoms with Gasteiger partial charge in [-0.3, -0.25) is 9.69 Å². The second-order valence-electron chi connectivity index (χ2n) is 4.80. The smallest absolute Gasteiger partial charge is 0.230 e. The van der Waals surface area contributed by atoms with Crippen LogP contribution in [0.2, 0.25) is 0 Å². The van der Waals surface area contributed by atoms with Crippen LogP contribution >= 0.6 is 11.3 Å². The zero-order valence-corrected chi connectivity index (χ0v) is 11.5. The fraction of sp³-hybridized carbons (Fsp3) is 0.286. The fourth-order valence-electron chi connectivity index (χ4n) is 2.29. The van der Waals surface area contributed by atoms with Crippen molar-refractivity contribution < 1.29 is 4.79 Å². The van der Waals surface area contributed by atoms with Crippen molar-refractivity contribution in [2.45, 2.75) is 19.4 Å². The number of benzene rings is 1. The molecular formula is C14H15N3OS. The van der Waals surface area contributed by atoms with Crippen LogP contribution in [0.5, 0.6) is 0 Å². The van der Waals surface area contributed by atoms with Crippen molar-refractivity contribution in [3.8, 4) is 11.3 Å². The lowest BCUT2D eigenvalue weighted by molar-refractivity contribution is -0.117. The van der Waals surface area contributed by atoms with Gasteiger partial charge in [0.1, 0.15) is 0 Å². The number of carbonyl (C=O) groups excluding carboxylic acids is 1. The molecule has 1 atom stereocenters. The molecule has 4 nitrogen and oxygen atoms in total. The zero-order valence-electron chi connectivity index (χ0n) is 10.7. The molecule has 1 fully saturated rings. The van der Waals surface area contributed by atoms with Crippen LogP contribution in [0, 0.1) is 6.92 Å². The van der Waals surface area contributed by atoms with E-state index < -0.39 is 0 Å². The number of rotatable bonds is 2. The summed E-state index contributed by atoms with van der Waals surface area (Å²) in [5, 5.41) is 2.74. The van der Waals surface area contributed by atoms with E-state index in [2.05, 4.69) is 18.0 Å². The summed E-state index contributed by atoms with van der Waals surface area (Å²) in [4.78, 5) is 18.1. The Labute approximate surface area is 115 Å². The number of amides is 1. The average molecular weight is 273 g/mol. The molecule has 0 saturated carbocycles. The van der Waals surface area contributed by atoms with Gasteiger partial charge in [0.2, 0.25) is 5.91 Å². The number of hydrogen-bond acceptors (Lipinski definition) is 4. The molecule has 1 aromatic heterocycles. The maximum Gasteiger partial charge on any atom is 0.230 e. The molecule has 2 N–H and O–H groups in total. The molecule has 0 aliphatic carbocycles. The first-order valence-electron chi connectivity index (χ1n) is 6.22. The highest BCUT2D eigenvalue weighted by Crippen LogP contribution is 2.31. The third kappa shape index (κ3) is 2.27. The van der Waals surface area contributed by atoms with Gasteiger partial charge in [-0.15, -0.1) is 11.3 Å². The maximum atomic E-state index is 11.8. The Morgan fingerprint density at radius 3 is 2.89 bits per heavy atom. The highest BCUT2D eigenvalue weighted by molar-refractivity contribution is 7.14. The highest BCUT2D eigenvalue weighted by Gasteiger charge is 2.30. The topological polar surface area (TPSA) is 59.2 Å². The van der Waals surface area contributed by atoms with Gasteiger partial charge in [0, 0.05) is 30.0 Å². The second kappa shape index (κ2) is 4.75. The summed E-state index contributed by atoms with van der Waals surface area (Å²) < 4.78 is 0. The van der Waals surface area contributed by atoms with Gasteiger partial charge in [0.05, 0.1) is 5.69 Å². The number of hydrogen-bond donors (Lipinski definition) is 1. The van der Waals surface area contributed by atoms with Crippen molar-refractivity contribution in [1.82, 2.24) is 4.98 Å². The van der Waals surface area contributed by atoms with Gasteiger partial charge in [0.25, 0.3) is 0 Å². The lowest BCUT2D eigenvalue weighted by Crippen LogP contribution is -2.27. The lowest BCUT2D eigenvalue weighted by atomic mass is 10.1. The Balaban J connectivity index is 1.92.